The summed E-state index contributed by atoms with van der Waals surface area (Å²) < 4.78 is 101. The van der Waals surface area contributed by atoms with Crippen LogP contribution in [0.3, 0.4) is 0 Å². The van der Waals surface area contributed by atoms with Crippen molar-refractivity contribution in [3.8, 4) is 5.75 Å². The Labute approximate surface area is 190 Å². The number of halogens is 5. The zero-order valence-corrected chi connectivity index (χ0v) is 18.2. The average molecular weight is 497 g/mol. The van der Waals surface area contributed by atoms with Crippen LogP contribution in [0.25, 0.3) is 11.0 Å². The Hall–Kier alpha value is -3.67. The number of sulfonamides is 1. The Morgan fingerprint density at radius 3 is 2.59 bits per heavy atom. The topological polar surface area (TPSA) is 84.1 Å². The summed E-state index contributed by atoms with van der Waals surface area (Å²) in [6.45, 7) is 0. The van der Waals surface area contributed by atoms with Gasteiger partial charge in [-0.2, -0.15) is 13.2 Å². The second-order valence-electron chi connectivity index (χ2n) is 7.28. The number of fused-ring (bicyclic) bond motifs is 1. The molecular weight excluding hydrogens is 481 g/mol. The Kier molecular flexibility index (Phi) is 5.94. The van der Waals surface area contributed by atoms with Crippen LogP contribution in [0.4, 0.5) is 27.6 Å². The van der Waals surface area contributed by atoms with Gasteiger partial charge < -0.3 is 9.72 Å². The zero-order valence-electron chi connectivity index (χ0n) is 17.4. The summed E-state index contributed by atoms with van der Waals surface area (Å²) in [5.41, 5.74) is -1.30. The maximum Gasteiger partial charge on any atom is 0.416 e. The van der Waals surface area contributed by atoms with Gasteiger partial charge in [-0.1, -0.05) is 6.07 Å². The van der Waals surface area contributed by atoms with Crippen molar-refractivity contribution in [3.63, 3.8) is 0 Å². The fourth-order valence-corrected chi connectivity index (χ4v) is 4.47. The molecule has 4 aromatic rings. The predicted molar refractivity (Wildman–Crippen MR) is 114 cm³/mol. The average Bonchev–Trinajstić information content (AvgIpc) is 3.20. The molecule has 2 aromatic heterocycles. The van der Waals surface area contributed by atoms with Crippen LogP contribution in [-0.2, 0) is 22.6 Å². The van der Waals surface area contributed by atoms with E-state index in [9.17, 15) is 26.0 Å². The number of alkyl halides is 3. The third kappa shape index (κ3) is 4.53. The third-order valence-electron chi connectivity index (χ3n) is 5.10. The van der Waals surface area contributed by atoms with Gasteiger partial charge in [0, 0.05) is 23.6 Å². The smallest absolute Gasteiger partial charge is 0.416 e. The summed E-state index contributed by atoms with van der Waals surface area (Å²) in [5, 5.41) is 0.549. The van der Waals surface area contributed by atoms with Gasteiger partial charge in [0.05, 0.1) is 29.5 Å². The summed E-state index contributed by atoms with van der Waals surface area (Å²) in [4.78, 5) is 6.30. The molecule has 2 N–H and O–H groups in total. The maximum atomic E-state index is 15.2. The summed E-state index contributed by atoms with van der Waals surface area (Å²) in [6, 6.07) is 6.35. The first-order valence-electron chi connectivity index (χ1n) is 9.66. The van der Waals surface area contributed by atoms with Crippen molar-refractivity contribution < 1.29 is 35.1 Å². The van der Waals surface area contributed by atoms with E-state index in [1.54, 1.807) is 6.07 Å². The minimum atomic E-state index is -4.77. The quantitative estimate of drug-likeness (QED) is 0.356. The number of benzene rings is 2. The molecule has 12 heteroatoms. The van der Waals surface area contributed by atoms with E-state index in [1.165, 1.54) is 19.5 Å². The van der Waals surface area contributed by atoms with Crippen molar-refractivity contribution in [3.05, 3.63) is 83.2 Å². The first-order valence-corrected chi connectivity index (χ1v) is 11.1. The molecule has 0 radical (unpaired) electrons. The summed E-state index contributed by atoms with van der Waals surface area (Å²) in [6.07, 6.45) is -2.05. The standard InChI is InChI=1S/C22H16F5N3O3S/c1-33-14-9-16-12(10-28-21(16)29-11-14)7-17-18(23)5-6-19(20(17)24)30-34(31,32)15-4-2-3-13(8-15)22(25,26)27/h2-6,8-11,30H,7H2,1H3,(H,28,29). The molecule has 0 amide bonds. The first-order chi connectivity index (χ1) is 16.0. The van der Waals surface area contributed by atoms with Gasteiger partial charge in [-0.3, -0.25) is 4.72 Å². The SMILES string of the molecule is COc1cnc2[nH]cc(Cc3c(F)ccc(NS(=O)(=O)c4cccc(C(F)(F)F)c4)c3F)c2c1. The highest BCUT2D eigenvalue weighted by atomic mass is 32.2. The molecule has 0 aliphatic heterocycles. The predicted octanol–water partition coefficient (Wildman–Crippen LogP) is 5.26. The van der Waals surface area contributed by atoms with Crippen LogP contribution in [0, 0.1) is 11.6 Å². The highest BCUT2D eigenvalue weighted by Crippen LogP contribution is 2.32. The minimum absolute atomic E-state index is 0.258. The number of H-pyrrole nitrogens is 1. The fraction of sp³-hybridized carbons (Fsp3) is 0.136. The molecule has 34 heavy (non-hydrogen) atoms. The Morgan fingerprint density at radius 2 is 1.88 bits per heavy atom. The van der Waals surface area contributed by atoms with Crippen LogP contribution in [0.2, 0.25) is 0 Å². The largest absolute Gasteiger partial charge is 0.495 e. The van der Waals surface area contributed by atoms with E-state index in [0.717, 1.165) is 24.3 Å². The lowest BCUT2D eigenvalue weighted by Gasteiger charge is -2.13. The van der Waals surface area contributed by atoms with E-state index < -0.39 is 49.5 Å². The van der Waals surface area contributed by atoms with Gasteiger partial charge in [-0.15, -0.1) is 0 Å². The number of methoxy groups -OCH3 is 1. The van der Waals surface area contributed by atoms with Crippen molar-refractivity contribution in [2.24, 2.45) is 0 Å². The second kappa shape index (κ2) is 8.60. The molecule has 178 valence electrons. The maximum absolute atomic E-state index is 15.2. The van der Waals surface area contributed by atoms with E-state index in [1.807, 2.05) is 4.72 Å². The third-order valence-corrected chi connectivity index (χ3v) is 6.46. The van der Waals surface area contributed by atoms with Crippen LogP contribution in [0.5, 0.6) is 5.75 Å². The van der Waals surface area contributed by atoms with Gasteiger partial charge in [0.25, 0.3) is 10.0 Å². The second-order valence-corrected chi connectivity index (χ2v) is 8.96. The Balaban J connectivity index is 1.69. The van der Waals surface area contributed by atoms with Crippen molar-refractivity contribution >= 4 is 26.7 Å². The van der Waals surface area contributed by atoms with Crippen LogP contribution in [0.1, 0.15) is 16.7 Å². The lowest BCUT2D eigenvalue weighted by atomic mass is 10.0. The Bertz CT molecular complexity index is 1480. The molecule has 0 spiro atoms. The van der Waals surface area contributed by atoms with Crippen LogP contribution in [0.15, 0.2) is 59.8 Å². The van der Waals surface area contributed by atoms with Crippen LogP contribution >= 0.6 is 0 Å². The number of nitrogens with zero attached hydrogens (tertiary/aromatic N) is 1. The number of ether oxygens (including phenoxy) is 1. The lowest BCUT2D eigenvalue weighted by molar-refractivity contribution is -0.137. The van der Waals surface area contributed by atoms with Gasteiger partial charge in [0.15, 0.2) is 5.82 Å². The normalized spacial score (nSPS) is 12.2. The number of nitrogens with one attached hydrogen (secondary N) is 2. The lowest BCUT2D eigenvalue weighted by Crippen LogP contribution is -2.16. The molecular formula is C22H16F5N3O3S. The van der Waals surface area contributed by atoms with E-state index >= 15 is 4.39 Å². The molecule has 0 aliphatic carbocycles. The number of rotatable bonds is 6. The highest BCUT2D eigenvalue weighted by molar-refractivity contribution is 7.92. The zero-order chi connectivity index (χ0) is 24.7. The molecule has 0 unspecified atom stereocenters. The summed E-state index contributed by atoms with van der Waals surface area (Å²) in [7, 11) is -3.16. The van der Waals surface area contributed by atoms with Gasteiger partial charge in [-0.25, -0.2) is 22.2 Å². The molecule has 0 atom stereocenters. The number of anilines is 1. The molecule has 6 nitrogen and oxygen atoms in total. The minimum Gasteiger partial charge on any atom is -0.495 e. The van der Waals surface area contributed by atoms with Crippen molar-refractivity contribution in [1.82, 2.24) is 9.97 Å². The van der Waals surface area contributed by atoms with E-state index in [-0.39, 0.29) is 6.42 Å². The van der Waals surface area contributed by atoms with Crippen molar-refractivity contribution in [1.29, 1.82) is 0 Å². The van der Waals surface area contributed by atoms with E-state index in [0.29, 0.717) is 34.5 Å². The van der Waals surface area contributed by atoms with E-state index in [4.69, 9.17) is 4.74 Å². The summed E-state index contributed by atoms with van der Waals surface area (Å²) >= 11 is 0. The van der Waals surface area contributed by atoms with Crippen LogP contribution < -0.4 is 9.46 Å². The molecule has 2 aromatic carbocycles. The molecule has 2 heterocycles. The van der Waals surface area contributed by atoms with Crippen molar-refractivity contribution in [2.45, 2.75) is 17.5 Å². The Morgan fingerprint density at radius 1 is 1.12 bits per heavy atom. The molecule has 0 fully saturated rings. The summed E-state index contributed by atoms with van der Waals surface area (Å²) in [5.74, 6) is -1.69. The van der Waals surface area contributed by atoms with Crippen LogP contribution in [-0.4, -0.2) is 25.5 Å². The van der Waals surface area contributed by atoms with Gasteiger partial charge in [-0.05, 0) is 42.0 Å². The molecule has 0 saturated carbocycles. The molecule has 0 bridgehead atoms. The number of hydrogen-bond acceptors (Lipinski definition) is 4. The van der Waals surface area contributed by atoms with Gasteiger partial charge in [0.1, 0.15) is 17.2 Å². The molecule has 4 rings (SSSR count). The highest BCUT2D eigenvalue weighted by Gasteiger charge is 2.32. The number of pyridine rings is 1. The van der Waals surface area contributed by atoms with Gasteiger partial charge >= 0.3 is 6.18 Å². The number of hydrogen-bond donors (Lipinski definition) is 2. The van der Waals surface area contributed by atoms with Crippen molar-refractivity contribution in [2.75, 3.05) is 11.8 Å². The molecule has 0 aliphatic rings. The first kappa shape index (κ1) is 23.5. The number of aromatic nitrogens is 2. The van der Waals surface area contributed by atoms with E-state index in [2.05, 4.69) is 9.97 Å². The monoisotopic (exact) mass is 497 g/mol. The molecule has 0 saturated heterocycles. The van der Waals surface area contributed by atoms with Gasteiger partial charge in [0.2, 0.25) is 0 Å². The number of aromatic amines is 1. The fourth-order valence-electron chi connectivity index (χ4n) is 3.37.